The molecular weight excluding hydrogens is 813 g/mol. The molecule has 12 nitrogen and oxygen atoms in total. The third-order valence-electron chi connectivity index (χ3n) is 8.83. The highest BCUT2D eigenvalue weighted by Gasteiger charge is 2.17. The number of aryl methyl sites for hydroxylation is 5. The Morgan fingerprint density at radius 2 is 1.39 bits per heavy atom. The first-order valence-electron chi connectivity index (χ1n) is 17.4. The van der Waals surface area contributed by atoms with Gasteiger partial charge in [0.1, 0.15) is 0 Å². The van der Waals surface area contributed by atoms with Gasteiger partial charge in [-0.25, -0.2) is 24.8 Å². The Hall–Kier alpha value is -6.79. The number of rotatable bonds is 5. The molecule has 0 unspecified atom stereocenters. The molecule has 56 heavy (non-hydrogen) atoms. The maximum Gasteiger partial charge on any atom is 0.256 e. The van der Waals surface area contributed by atoms with E-state index in [4.69, 9.17) is 22.3 Å². The van der Waals surface area contributed by atoms with Crippen LogP contribution in [-0.4, -0.2) is 44.9 Å². The summed E-state index contributed by atoms with van der Waals surface area (Å²) in [5.41, 5.74) is 16.7. The molecular formula is C43H38IN11O. The van der Waals surface area contributed by atoms with Gasteiger partial charge in [-0.2, -0.15) is 0 Å². The summed E-state index contributed by atoms with van der Waals surface area (Å²) >= 11 is 2.37. The first-order valence-corrected chi connectivity index (χ1v) is 18.5. The minimum Gasteiger partial charge on any atom is -0.397 e. The van der Waals surface area contributed by atoms with Crippen LogP contribution >= 0.6 is 22.6 Å². The molecule has 0 spiro atoms. The Labute approximate surface area is 338 Å². The number of carbonyl (C=O) groups excluding carboxylic acids is 1. The average Bonchev–Trinajstić information content (AvgIpc) is 3.83. The molecule has 8 aromatic rings. The molecule has 0 aliphatic carbocycles. The number of hydrogen-bond acceptors (Lipinski definition) is 8. The second-order valence-electron chi connectivity index (χ2n) is 12.9. The second kappa shape index (κ2) is 17.6. The van der Waals surface area contributed by atoms with Crippen LogP contribution in [0.3, 0.4) is 0 Å². The molecule has 278 valence electrons. The van der Waals surface area contributed by atoms with Crippen LogP contribution in [0, 0.1) is 30.9 Å². The molecule has 1 amide bonds. The van der Waals surface area contributed by atoms with Gasteiger partial charge >= 0.3 is 0 Å². The molecule has 0 saturated heterocycles. The van der Waals surface area contributed by atoms with E-state index in [2.05, 4.69) is 84.7 Å². The van der Waals surface area contributed by atoms with Crippen molar-refractivity contribution in [1.29, 1.82) is 0 Å². The maximum atomic E-state index is 13.2. The van der Waals surface area contributed by atoms with E-state index < -0.39 is 0 Å². The van der Waals surface area contributed by atoms with Crippen molar-refractivity contribution in [2.75, 3.05) is 11.1 Å². The van der Waals surface area contributed by atoms with E-state index >= 15 is 0 Å². The number of fused-ring (bicyclic) bond motifs is 2. The van der Waals surface area contributed by atoms with E-state index in [0.29, 0.717) is 33.5 Å². The van der Waals surface area contributed by atoms with Gasteiger partial charge in [-0.15, -0.1) is 0 Å². The van der Waals surface area contributed by atoms with Crippen LogP contribution in [0.25, 0.3) is 55.5 Å². The van der Waals surface area contributed by atoms with Crippen LogP contribution in [0.2, 0.25) is 0 Å². The molecule has 2 aromatic carbocycles. The molecule has 13 heteroatoms. The number of nitrogens with one attached hydrogen (secondary N) is 1. The fraction of sp³-hybridized carbons (Fsp3) is 0.116. The number of amides is 1. The SMILES string of the molecule is Cc1cc2nc(-c3cncn3C)cc(C)c2cc1I.Nc1cccnc1.[C-]#[N+]/C=C/c1cc2c(C(=O)Nc3cccnc3)cc(-c3cncn3C)nc2cc1C. The van der Waals surface area contributed by atoms with Crippen molar-refractivity contribution < 1.29 is 4.79 Å². The van der Waals surface area contributed by atoms with Gasteiger partial charge in [-0.1, -0.05) is 6.08 Å². The van der Waals surface area contributed by atoms with E-state index in [-0.39, 0.29) is 5.91 Å². The van der Waals surface area contributed by atoms with E-state index in [9.17, 15) is 4.79 Å². The van der Waals surface area contributed by atoms with Crippen LogP contribution < -0.4 is 11.1 Å². The number of halogens is 1. The predicted octanol–water partition coefficient (Wildman–Crippen LogP) is 9.00. The number of aromatic nitrogens is 8. The van der Waals surface area contributed by atoms with Crippen LogP contribution in [0.5, 0.6) is 0 Å². The van der Waals surface area contributed by atoms with Gasteiger partial charge in [0, 0.05) is 47.0 Å². The molecule has 0 atom stereocenters. The number of nitrogens with two attached hydrogens (primary N) is 1. The number of carbonyl (C=O) groups is 1. The number of nitrogens with zero attached hydrogens (tertiary/aromatic N) is 9. The van der Waals surface area contributed by atoms with Crippen LogP contribution in [0.15, 0.2) is 117 Å². The van der Waals surface area contributed by atoms with Crippen molar-refractivity contribution >= 4 is 67.8 Å². The zero-order chi connectivity index (χ0) is 39.8. The summed E-state index contributed by atoms with van der Waals surface area (Å²) in [6.45, 7) is 13.2. The number of pyridine rings is 4. The average molecular weight is 852 g/mol. The number of benzene rings is 2. The summed E-state index contributed by atoms with van der Waals surface area (Å²) in [5, 5.41) is 4.83. The summed E-state index contributed by atoms with van der Waals surface area (Å²) in [5.74, 6) is -0.261. The van der Waals surface area contributed by atoms with Gasteiger partial charge in [0.15, 0.2) is 6.20 Å². The van der Waals surface area contributed by atoms with Gasteiger partial charge in [0.05, 0.1) is 88.6 Å². The fourth-order valence-electron chi connectivity index (χ4n) is 5.88. The molecule has 3 N–H and O–H groups in total. The summed E-state index contributed by atoms with van der Waals surface area (Å²) in [6.07, 6.45) is 16.8. The number of hydrogen-bond donors (Lipinski definition) is 2. The maximum absolute atomic E-state index is 13.2. The van der Waals surface area contributed by atoms with Crippen molar-refractivity contribution in [3.8, 4) is 22.8 Å². The Morgan fingerprint density at radius 1 is 0.768 bits per heavy atom. The van der Waals surface area contributed by atoms with Crippen molar-refractivity contribution in [2.24, 2.45) is 14.1 Å². The normalized spacial score (nSPS) is 10.7. The van der Waals surface area contributed by atoms with E-state index in [1.54, 1.807) is 80.0 Å². The first-order chi connectivity index (χ1) is 27.0. The van der Waals surface area contributed by atoms with Crippen LogP contribution in [0.4, 0.5) is 11.4 Å². The Bertz CT molecular complexity index is 2730. The molecule has 0 bridgehead atoms. The zero-order valence-electron chi connectivity index (χ0n) is 31.4. The highest BCUT2D eigenvalue weighted by atomic mass is 127. The number of imidazole rings is 2. The smallest absolute Gasteiger partial charge is 0.256 e. The van der Waals surface area contributed by atoms with E-state index in [1.807, 2.05) is 48.5 Å². The van der Waals surface area contributed by atoms with Gasteiger partial charge in [-0.3, -0.25) is 14.8 Å². The number of anilines is 2. The van der Waals surface area contributed by atoms with Crippen molar-refractivity contribution in [3.05, 3.63) is 160 Å². The largest absolute Gasteiger partial charge is 0.397 e. The van der Waals surface area contributed by atoms with E-state index in [0.717, 1.165) is 33.7 Å². The summed E-state index contributed by atoms with van der Waals surface area (Å²) in [7, 11) is 3.87. The lowest BCUT2D eigenvalue weighted by Crippen LogP contribution is -2.13. The molecule has 0 aliphatic heterocycles. The molecule has 0 radical (unpaired) electrons. The topological polar surface area (TPSA) is 147 Å². The number of nitrogen functional groups attached to an aromatic ring is 1. The summed E-state index contributed by atoms with van der Waals surface area (Å²) < 4.78 is 5.13. The minimum absolute atomic E-state index is 0.261. The van der Waals surface area contributed by atoms with Gasteiger partial charge in [0.25, 0.3) is 5.91 Å². The van der Waals surface area contributed by atoms with Gasteiger partial charge in [-0.05, 0) is 126 Å². The molecule has 0 fully saturated rings. The third kappa shape index (κ3) is 9.11. The van der Waals surface area contributed by atoms with Crippen molar-refractivity contribution in [2.45, 2.75) is 20.8 Å². The summed E-state index contributed by atoms with van der Waals surface area (Å²) in [4.78, 5) is 42.2. The monoisotopic (exact) mass is 851 g/mol. The minimum atomic E-state index is -0.261. The van der Waals surface area contributed by atoms with Gasteiger partial charge in [0.2, 0.25) is 0 Å². The Balaban J connectivity index is 0.000000173. The predicted molar refractivity (Wildman–Crippen MR) is 231 cm³/mol. The lowest BCUT2D eigenvalue weighted by atomic mass is 9.99. The highest BCUT2D eigenvalue weighted by Crippen LogP contribution is 2.29. The molecule has 0 aliphatic rings. The lowest BCUT2D eigenvalue weighted by molar-refractivity contribution is 0.102. The lowest BCUT2D eigenvalue weighted by Gasteiger charge is -2.13. The molecule has 6 heterocycles. The molecule has 0 saturated carbocycles. The first kappa shape index (κ1) is 38.9. The van der Waals surface area contributed by atoms with Crippen LogP contribution in [0.1, 0.15) is 32.6 Å². The van der Waals surface area contributed by atoms with Gasteiger partial charge < -0.3 is 20.2 Å². The second-order valence-corrected chi connectivity index (χ2v) is 14.1. The quantitative estimate of drug-likeness (QED) is 0.129. The highest BCUT2D eigenvalue weighted by molar-refractivity contribution is 14.1. The molecule has 8 rings (SSSR count). The fourth-order valence-corrected chi connectivity index (χ4v) is 6.35. The molecule has 6 aromatic heterocycles. The Kier molecular flexibility index (Phi) is 12.2. The zero-order valence-corrected chi connectivity index (χ0v) is 33.6. The van der Waals surface area contributed by atoms with E-state index in [1.165, 1.54) is 26.3 Å². The Morgan fingerprint density at radius 3 is 1.95 bits per heavy atom. The standard InChI is InChI=1S/C23H18N6O.C15H14IN3.C5H6N2/c1-15-9-20-18(10-16(15)6-8-24-2)19(23(30)27-17-5-4-7-25-12-17)11-21(28-20)22-13-26-14-29(22)3;1-9-4-14(15-7-17-8-19(15)3)18-13-5-10(2)12(16)6-11(9)13;6-5-2-1-3-7-4-5/h4-14H,1,3H3,(H,27,30);4-8H,1-3H3;1-4H,6H2/b8-6+;;. The third-order valence-corrected chi connectivity index (χ3v) is 9.99. The van der Waals surface area contributed by atoms with Crippen LogP contribution in [-0.2, 0) is 14.1 Å². The van der Waals surface area contributed by atoms with Crippen molar-refractivity contribution in [1.82, 2.24) is 39.0 Å². The van der Waals surface area contributed by atoms with Crippen molar-refractivity contribution in [3.63, 3.8) is 0 Å². The summed E-state index contributed by atoms with van der Waals surface area (Å²) in [6, 6.07) is 19.2.